The van der Waals surface area contributed by atoms with Gasteiger partial charge in [0.05, 0.1) is 6.54 Å². The molecule has 4 rings (SSSR count). The highest BCUT2D eigenvalue weighted by molar-refractivity contribution is 5.81. The summed E-state index contributed by atoms with van der Waals surface area (Å²) in [6.45, 7) is 2.13. The smallest absolute Gasteiger partial charge is 0.258 e. The van der Waals surface area contributed by atoms with Crippen LogP contribution in [0.3, 0.4) is 0 Å². The van der Waals surface area contributed by atoms with Crippen molar-refractivity contribution >= 4 is 16.9 Å². The first-order valence-corrected chi connectivity index (χ1v) is 8.59. The zero-order valence-corrected chi connectivity index (χ0v) is 14.8. The maximum absolute atomic E-state index is 12.0. The summed E-state index contributed by atoms with van der Waals surface area (Å²) < 4.78 is 16.6. The molecule has 0 fully saturated rings. The first-order chi connectivity index (χ1) is 13.2. The summed E-state index contributed by atoms with van der Waals surface area (Å²) in [5.41, 5.74) is 2.37. The second kappa shape index (κ2) is 7.37. The Morgan fingerprint density at radius 3 is 2.74 bits per heavy atom. The van der Waals surface area contributed by atoms with Crippen molar-refractivity contribution in [3.05, 3.63) is 71.9 Å². The van der Waals surface area contributed by atoms with E-state index in [1.54, 1.807) is 6.07 Å². The monoisotopic (exact) mass is 362 g/mol. The van der Waals surface area contributed by atoms with Gasteiger partial charge in [0.2, 0.25) is 5.76 Å². The van der Waals surface area contributed by atoms with E-state index >= 15 is 0 Å². The fourth-order valence-electron chi connectivity index (χ4n) is 2.72. The van der Waals surface area contributed by atoms with Crippen molar-refractivity contribution < 1.29 is 18.5 Å². The molecule has 0 aliphatic heterocycles. The van der Waals surface area contributed by atoms with Crippen molar-refractivity contribution in [2.75, 3.05) is 6.61 Å². The lowest BCUT2D eigenvalue weighted by atomic mass is 10.2. The molecule has 4 aromatic rings. The number of rotatable bonds is 6. The quantitative estimate of drug-likeness (QED) is 0.559. The van der Waals surface area contributed by atoms with Gasteiger partial charge in [-0.3, -0.25) is 4.79 Å². The van der Waals surface area contributed by atoms with Crippen molar-refractivity contribution in [2.24, 2.45) is 0 Å². The number of carbonyl (C=O) groups excluding carboxylic acids is 1. The molecule has 0 atom stereocenters. The Balaban J connectivity index is 1.34. The average Bonchev–Trinajstić information content (AvgIpc) is 3.32. The lowest BCUT2D eigenvalue weighted by Gasteiger charge is -2.08. The molecule has 1 N–H and O–H groups in total. The van der Waals surface area contributed by atoms with E-state index in [4.69, 9.17) is 13.7 Å². The number of ether oxygens (including phenoxy) is 1. The van der Waals surface area contributed by atoms with Crippen LogP contribution in [0.4, 0.5) is 0 Å². The van der Waals surface area contributed by atoms with Crippen LogP contribution in [0.15, 0.2) is 69.6 Å². The standard InChI is InChI=1S/C21H18N2O4/c1-14-6-2-4-8-17(14)25-13-21(24)22-12-16-11-20(27-23-16)19-10-15-7-3-5-9-18(15)26-19/h2-11H,12-13H2,1H3,(H,22,24). The lowest BCUT2D eigenvalue weighted by Crippen LogP contribution is -2.28. The summed E-state index contributed by atoms with van der Waals surface area (Å²) in [7, 11) is 0. The summed E-state index contributed by atoms with van der Waals surface area (Å²) in [5, 5.41) is 7.73. The molecule has 0 saturated carbocycles. The molecule has 6 nitrogen and oxygen atoms in total. The van der Waals surface area contributed by atoms with Crippen molar-refractivity contribution in [2.45, 2.75) is 13.5 Å². The van der Waals surface area contributed by atoms with Gasteiger partial charge >= 0.3 is 0 Å². The third-order valence-electron chi connectivity index (χ3n) is 4.15. The van der Waals surface area contributed by atoms with Crippen molar-refractivity contribution in [1.82, 2.24) is 10.5 Å². The topological polar surface area (TPSA) is 77.5 Å². The lowest BCUT2D eigenvalue weighted by molar-refractivity contribution is -0.123. The number of fused-ring (bicyclic) bond motifs is 1. The number of hydrogen-bond donors (Lipinski definition) is 1. The molecule has 0 aliphatic carbocycles. The first-order valence-electron chi connectivity index (χ1n) is 8.59. The van der Waals surface area contributed by atoms with Crippen LogP contribution in [-0.4, -0.2) is 17.7 Å². The number of benzene rings is 2. The van der Waals surface area contributed by atoms with Crippen molar-refractivity contribution in [3.63, 3.8) is 0 Å². The number of aromatic nitrogens is 1. The zero-order chi connectivity index (χ0) is 18.6. The van der Waals surface area contributed by atoms with E-state index in [0.717, 1.165) is 16.5 Å². The molecular formula is C21H18N2O4. The predicted octanol–water partition coefficient (Wildman–Crippen LogP) is 4.09. The minimum Gasteiger partial charge on any atom is -0.484 e. The molecule has 0 spiro atoms. The molecule has 2 aromatic heterocycles. The van der Waals surface area contributed by atoms with E-state index in [1.807, 2.05) is 61.5 Å². The molecule has 0 radical (unpaired) electrons. The second-order valence-corrected chi connectivity index (χ2v) is 6.16. The van der Waals surface area contributed by atoms with Crippen LogP contribution in [0.1, 0.15) is 11.3 Å². The van der Waals surface area contributed by atoms with E-state index in [0.29, 0.717) is 23.0 Å². The minimum atomic E-state index is -0.230. The Hall–Kier alpha value is -3.54. The Bertz CT molecular complexity index is 1050. The molecule has 0 unspecified atom stereocenters. The molecule has 2 heterocycles. The molecule has 0 bridgehead atoms. The molecule has 1 amide bonds. The van der Waals surface area contributed by atoms with Crippen LogP contribution in [0.2, 0.25) is 0 Å². The van der Waals surface area contributed by atoms with Gasteiger partial charge < -0.3 is 19.0 Å². The van der Waals surface area contributed by atoms with E-state index in [9.17, 15) is 4.79 Å². The summed E-state index contributed by atoms with van der Waals surface area (Å²) in [5.74, 6) is 1.59. The first kappa shape index (κ1) is 16.9. The van der Waals surface area contributed by atoms with Crippen LogP contribution in [-0.2, 0) is 11.3 Å². The molecule has 27 heavy (non-hydrogen) atoms. The van der Waals surface area contributed by atoms with E-state index in [-0.39, 0.29) is 19.1 Å². The van der Waals surface area contributed by atoms with E-state index < -0.39 is 0 Å². The summed E-state index contributed by atoms with van der Waals surface area (Å²) in [6.07, 6.45) is 0. The van der Waals surface area contributed by atoms with Crippen molar-refractivity contribution in [1.29, 1.82) is 0 Å². The number of carbonyl (C=O) groups is 1. The van der Waals surface area contributed by atoms with Gasteiger partial charge in [0.25, 0.3) is 5.91 Å². The van der Waals surface area contributed by atoms with Gasteiger partial charge in [-0.15, -0.1) is 0 Å². The summed E-state index contributed by atoms with van der Waals surface area (Å²) in [4.78, 5) is 12.0. The number of hydrogen-bond acceptors (Lipinski definition) is 5. The van der Waals surface area contributed by atoms with E-state index in [1.165, 1.54) is 0 Å². The van der Waals surface area contributed by atoms with Gasteiger partial charge in [0, 0.05) is 11.5 Å². The number of aryl methyl sites for hydroxylation is 1. The normalized spacial score (nSPS) is 10.9. The van der Waals surface area contributed by atoms with Crippen LogP contribution >= 0.6 is 0 Å². The van der Waals surface area contributed by atoms with Gasteiger partial charge in [-0.25, -0.2) is 0 Å². The van der Waals surface area contributed by atoms with Crippen LogP contribution in [0, 0.1) is 6.92 Å². The number of nitrogens with one attached hydrogen (secondary N) is 1. The van der Waals surface area contributed by atoms with Crippen LogP contribution in [0.25, 0.3) is 22.5 Å². The second-order valence-electron chi connectivity index (χ2n) is 6.16. The summed E-state index contributed by atoms with van der Waals surface area (Å²) in [6, 6.07) is 18.9. The Morgan fingerprint density at radius 1 is 1.07 bits per heavy atom. The molecule has 0 saturated heterocycles. The number of amides is 1. The van der Waals surface area contributed by atoms with Gasteiger partial charge in [-0.2, -0.15) is 0 Å². The number of para-hydroxylation sites is 2. The largest absolute Gasteiger partial charge is 0.484 e. The van der Waals surface area contributed by atoms with Gasteiger partial charge in [-0.1, -0.05) is 41.6 Å². The van der Waals surface area contributed by atoms with Gasteiger partial charge in [-0.05, 0) is 30.7 Å². The number of furan rings is 1. The fourth-order valence-corrected chi connectivity index (χ4v) is 2.72. The highest BCUT2D eigenvalue weighted by Gasteiger charge is 2.13. The third-order valence-corrected chi connectivity index (χ3v) is 4.15. The highest BCUT2D eigenvalue weighted by Crippen LogP contribution is 2.28. The fraction of sp³-hybridized carbons (Fsp3) is 0.143. The van der Waals surface area contributed by atoms with Crippen molar-refractivity contribution in [3.8, 4) is 17.3 Å². The summed E-state index contributed by atoms with van der Waals surface area (Å²) >= 11 is 0. The Kier molecular flexibility index (Phi) is 4.61. The third kappa shape index (κ3) is 3.84. The molecule has 6 heteroatoms. The molecule has 2 aromatic carbocycles. The predicted molar refractivity (Wildman–Crippen MR) is 100 cm³/mol. The maximum Gasteiger partial charge on any atom is 0.258 e. The number of nitrogens with zero attached hydrogens (tertiary/aromatic N) is 1. The zero-order valence-electron chi connectivity index (χ0n) is 14.8. The van der Waals surface area contributed by atoms with Crippen LogP contribution < -0.4 is 10.1 Å². The Morgan fingerprint density at radius 2 is 1.89 bits per heavy atom. The SMILES string of the molecule is Cc1ccccc1OCC(=O)NCc1cc(-c2cc3ccccc3o2)on1. The minimum absolute atomic E-state index is 0.0564. The maximum atomic E-state index is 12.0. The van der Waals surface area contributed by atoms with E-state index in [2.05, 4.69) is 10.5 Å². The highest BCUT2D eigenvalue weighted by atomic mass is 16.5. The molecule has 0 aliphatic rings. The molecular weight excluding hydrogens is 344 g/mol. The van der Waals surface area contributed by atoms with Gasteiger partial charge in [0.1, 0.15) is 17.0 Å². The Labute approximate surface area is 155 Å². The van der Waals surface area contributed by atoms with Gasteiger partial charge in [0.15, 0.2) is 12.4 Å². The van der Waals surface area contributed by atoms with Crippen LogP contribution in [0.5, 0.6) is 5.75 Å². The average molecular weight is 362 g/mol. The molecule has 136 valence electrons.